The van der Waals surface area contributed by atoms with Crippen molar-refractivity contribution in [1.29, 1.82) is 5.26 Å². The molecule has 0 aliphatic rings. The predicted molar refractivity (Wildman–Crippen MR) is 146 cm³/mol. The molecule has 0 heterocycles. The Morgan fingerprint density at radius 1 is 1.19 bits per heavy atom. The number of benzene rings is 3. The molecular weight excluding hydrogens is 620 g/mol. The molecule has 0 fully saturated rings. The number of hydrogen-bond acceptors (Lipinski definition) is 6. The second-order valence-corrected chi connectivity index (χ2v) is 9.15. The van der Waals surface area contributed by atoms with Crippen LogP contribution in [0.2, 0.25) is 10.0 Å². The number of non-ortho nitro benzene ring substituents is 1. The number of nitrogens with one attached hydrogen (secondary N) is 1. The van der Waals surface area contributed by atoms with E-state index in [1.807, 2.05) is 13.0 Å². The number of amides is 1. The molecular formula is C25H18Cl2IN3O5. The van der Waals surface area contributed by atoms with Crippen molar-refractivity contribution in [3.63, 3.8) is 0 Å². The molecule has 36 heavy (non-hydrogen) atoms. The summed E-state index contributed by atoms with van der Waals surface area (Å²) >= 11 is 14.2. The lowest BCUT2D eigenvalue weighted by Crippen LogP contribution is -2.13. The Kier molecular flexibility index (Phi) is 9.52. The predicted octanol–water partition coefficient (Wildman–Crippen LogP) is 7.03. The normalized spacial score (nSPS) is 10.9. The number of hydrogen-bond donors (Lipinski definition) is 1. The van der Waals surface area contributed by atoms with E-state index in [-0.39, 0.29) is 33.6 Å². The second-order valence-electron chi connectivity index (χ2n) is 7.20. The van der Waals surface area contributed by atoms with E-state index < -0.39 is 10.8 Å². The van der Waals surface area contributed by atoms with E-state index in [2.05, 4.69) is 27.9 Å². The SMILES string of the molecule is CCOc1cc(/C=C(/C#N)C(=O)Nc2cccc(Cl)c2Cl)cc(I)c1OCc1ccc([N+](=O)[O-])cc1. The number of anilines is 1. The fourth-order valence-electron chi connectivity index (χ4n) is 3.05. The number of nitro groups is 1. The van der Waals surface area contributed by atoms with Gasteiger partial charge in [0, 0.05) is 12.1 Å². The van der Waals surface area contributed by atoms with E-state index in [1.165, 1.54) is 18.2 Å². The molecule has 0 aliphatic heterocycles. The highest BCUT2D eigenvalue weighted by atomic mass is 127. The number of nitrogens with zero attached hydrogens (tertiary/aromatic N) is 2. The maximum absolute atomic E-state index is 12.7. The van der Waals surface area contributed by atoms with E-state index in [0.717, 1.165) is 5.56 Å². The van der Waals surface area contributed by atoms with Crippen LogP contribution in [0.25, 0.3) is 6.08 Å². The van der Waals surface area contributed by atoms with E-state index >= 15 is 0 Å². The molecule has 0 saturated carbocycles. The summed E-state index contributed by atoms with van der Waals surface area (Å²) in [6, 6.07) is 16.1. The zero-order valence-corrected chi connectivity index (χ0v) is 22.4. The van der Waals surface area contributed by atoms with Crippen molar-refractivity contribution >= 4 is 69.2 Å². The summed E-state index contributed by atoms with van der Waals surface area (Å²) < 4.78 is 12.4. The van der Waals surface area contributed by atoms with Crippen LogP contribution >= 0.6 is 45.8 Å². The summed E-state index contributed by atoms with van der Waals surface area (Å²) in [7, 11) is 0. The highest BCUT2D eigenvalue weighted by Gasteiger charge is 2.16. The highest BCUT2D eigenvalue weighted by Crippen LogP contribution is 2.36. The van der Waals surface area contributed by atoms with Crippen molar-refractivity contribution < 1.29 is 19.2 Å². The van der Waals surface area contributed by atoms with Gasteiger partial charge in [0.1, 0.15) is 18.2 Å². The molecule has 8 nitrogen and oxygen atoms in total. The van der Waals surface area contributed by atoms with Crippen LogP contribution in [-0.4, -0.2) is 17.4 Å². The molecule has 0 saturated heterocycles. The monoisotopic (exact) mass is 637 g/mol. The van der Waals surface area contributed by atoms with E-state index in [4.69, 9.17) is 32.7 Å². The second kappa shape index (κ2) is 12.6. The largest absolute Gasteiger partial charge is 0.490 e. The number of carbonyl (C=O) groups is 1. The lowest BCUT2D eigenvalue weighted by Gasteiger charge is -2.15. The van der Waals surface area contributed by atoms with Crippen LogP contribution in [0.4, 0.5) is 11.4 Å². The number of ether oxygens (including phenoxy) is 2. The zero-order valence-electron chi connectivity index (χ0n) is 18.8. The Bertz CT molecular complexity index is 1370. The Hall–Kier alpha value is -3.33. The van der Waals surface area contributed by atoms with Crippen molar-refractivity contribution in [2.45, 2.75) is 13.5 Å². The van der Waals surface area contributed by atoms with E-state index in [9.17, 15) is 20.2 Å². The van der Waals surface area contributed by atoms with Gasteiger partial charge >= 0.3 is 0 Å². The highest BCUT2D eigenvalue weighted by molar-refractivity contribution is 14.1. The van der Waals surface area contributed by atoms with Crippen LogP contribution in [0.15, 0.2) is 60.2 Å². The van der Waals surface area contributed by atoms with Gasteiger partial charge in [-0.25, -0.2) is 0 Å². The van der Waals surface area contributed by atoms with Crippen LogP contribution in [0, 0.1) is 25.0 Å². The van der Waals surface area contributed by atoms with Crippen LogP contribution in [0.5, 0.6) is 11.5 Å². The average Bonchev–Trinajstić information content (AvgIpc) is 2.85. The molecule has 0 radical (unpaired) electrons. The zero-order chi connectivity index (χ0) is 26.2. The van der Waals surface area contributed by atoms with Gasteiger partial charge in [-0.15, -0.1) is 0 Å². The number of nitro benzene ring substituents is 1. The summed E-state index contributed by atoms with van der Waals surface area (Å²) in [5.74, 6) is 0.253. The Morgan fingerprint density at radius 3 is 2.56 bits per heavy atom. The number of rotatable bonds is 9. The van der Waals surface area contributed by atoms with Crippen LogP contribution in [0.1, 0.15) is 18.1 Å². The summed E-state index contributed by atoms with van der Waals surface area (Å²) in [6.07, 6.45) is 1.43. The van der Waals surface area contributed by atoms with Gasteiger partial charge < -0.3 is 14.8 Å². The van der Waals surface area contributed by atoms with Crippen molar-refractivity contribution in [3.8, 4) is 17.6 Å². The maximum atomic E-state index is 12.7. The maximum Gasteiger partial charge on any atom is 0.269 e. The molecule has 0 aliphatic carbocycles. The van der Waals surface area contributed by atoms with Crippen molar-refractivity contribution in [1.82, 2.24) is 0 Å². The third kappa shape index (κ3) is 6.87. The lowest BCUT2D eigenvalue weighted by atomic mass is 10.1. The molecule has 11 heteroatoms. The molecule has 0 atom stereocenters. The lowest BCUT2D eigenvalue weighted by molar-refractivity contribution is -0.384. The minimum Gasteiger partial charge on any atom is -0.490 e. The number of halogens is 3. The van der Waals surface area contributed by atoms with E-state index in [0.29, 0.717) is 27.2 Å². The summed E-state index contributed by atoms with van der Waals surface area (Å²) in [4.78, 5) is 23.1. The minimum atomic E-state index is -0.645. The molecule has 0 bridgehead atoms. The molecule has 1 amide bonds. The van der Waals surface area contributed by atoms with Gasteiger partial charge in [0.15, 0.2) is 11.5 Å². The fraction of sp³-hybridized carbons (Fsp3) is 0.120. The summed E-state index contributed by atoms with van der Waals surface area (Å²) in [5.41, 5.74) is 1.42. The van der Waals surface area contributed by atoms with E-state index in [1.54, 1.807) is 42.5 Å². The van der Waals surface area contributed by atoms with Gasteiger partial charge in [-0.05, 0) is 83.1 Å². The molecule has 0 unspecified atom stereocenters. The molecule has 3 rings (SSSR count). The van der Waals surface area contributed by atoms with Gasteiger partial charge in [0.25, 0.3) is 11.6 Å². The van der Waals surface area contributed by atoms with Gasteiger partial charge in [0.2, 0.25) is 0 Å². The van der Waals surface area contributed by atoms with Crippen molar-refractivity contribution in [2.75, 3.05) is 11.9 Å². The van der Waals surface area contributed by atoms with Gasteiger partial charge in [0.05, 0.1) is 30.8 Å². The number of nitriles is 1. The quantitative estimate of drug-likeness (QED) is 0.0886. The third-order valence-electron chi connectivity index (χ3n) is 4.74. The number of carbonyl (C=O) groups excluding carboxylic acids is 1. The fourth-order valence-corrected chi connectivity index (χ4v) is 4.18. The van der Waals surface area contributed by atoms with Crippen molar-refractivity contribution in [2.24, 2.45) is 0 Å². The van der Waals surface area contributed by atoms with Gasteiger partial charge in [-0.2, -0.15) is 5.26 Å². The first-order valence-corrected chi connectivity index (χ1v) is 12.3. The first-order chi connectivity index (χ1) is 17.2. The topological polar surface area (TPSA) is 114 Å². The first kappa shape index (κ1) is 27.3. The van der Waals surface area contributed by atoms with Crippen LogP contribution in [0.3, 0.4) is 0 Å². The summed E-state index contributed by atoms with van der Waals surface area (Å²) in [5, 5.41) is 23.5. The summed E-state index contributed by atoms with van der Waals surface area (Å²) in [6.45, 7) is 2.34. The van der Waals surface area contributed by atoms with Crippen molar-refractivity contribution in [3.05, 3.63) is 95.0 Å². The average molecular weight is 638 g/mol. The molecule has 1 N–H and O–H groups in total. The molecule has 3 aromatic rings. The first-order valence-electron chi connectivity index (χ1n) is 10.4. The standard InChI is InChI=1S/C25H18Cl2IN3O5/c1-2-35-22-12-16(10-17(13-29)25(32)30-21-5-3-4-19(26)23(21)27)11-20(28)24(22)36-14-15-6-8-18(9-7-15)31(33)34/h3-12H,2,14H2,1H3,(H,30,32)/b17-10-. The Balaban J connectivity index is 1.84. The molecule has 3 aromatic carbocycles. The molecule has 184 valence electrons. The Morgan fingerprint density at radius 2 is 1.92 bits per heavy atom. The molecule has 0 aromatic heterocycles. The molecule has 0 spiro atoms. The third-order valence-corrected chi connectivity index (χ3v) is 6.36. The van der Waals surface area contributed by atoms with Gasteiger partial charge in [-0.3, -0.25) is 14.9 Å². The van der Waals surface area contributed by atoms with Crippen LogP contribution in [-0.2, 0) is 11.4 Å². The minimum absolute atomic E-state index is 0.00515. The van der Waals surface area contributed by atoms with Crippen LogP contribution < -0.4 is 14.8 Å². The smallest absolute Gasteiger partial charge is 0.269 e. The Labute approximate surface area is 230 Å². The van der Waals surface area contributed by atoms with Gasteiger partial charge in [-0.1, -0.05) is 29.3 Å².